The van der Waals surface area contributed by atoms with Crippen molar-refractivity contribution < 1.29 is 14.2 Å². The Kier molecular flexibility index (Phi) is 7.33. The summed E-state index contributed by atoms with van der Waals surface area (Å²) in [4.78, 5) is 0. The van der Waals surface area contributed by atoms with E-state index in [1.165, 1.54) is 0 Å². The molecular formula is C14H20ClNO3. The summed E-state index contributed by atoms with van der Waals surface area (Å²) in [5.74, 6) is 1.31. The SMILES string of the molecule is C=CCOc1c(CNCCOC)cc(Cl)cc1OC. The lowest BCUT2D eigenvalue weighted by Crippen LogP contribution is -2.19. The van der Waals surface area contributed by atoms with Crippen LogP contribution in [0.1, 0.15) is 5.56 Å². The molecule has 4 nitrogen and oxygen atoms in total. The van der Waals surface area contributed by atoms with Gasteiger partial charge in [-0.3, -0.25) is 0 Å². The van der Waals surface area contributed by atoms with Crippen LogP contribution in [0.15, 0.2) is 24.8 Å². The van der Waals surface area contributed by atoms with Gasteiger partial charge in [0, 0.05) is 36.9 Å². The van der Waals surface area contributed by atoms with Crippen LogP contribution in [0.2, 0.25) is 5.02 Å². The molecule has 0 saturated heterocycles. The molecule has 0 spiro atoms. The second-order valence-electron chi connectivity index (χ2n) is 3.87. The van der Waals surface area contributed by atoms with Crippen molar-refractivity contribution in [3.63, 3.8) is 0 Å². The summed E-state index contributed by atoms with van der Waals surface area (Å²) < 4.78 is 15.9. The van der Waals surface area contributed by atoms with Gasteiger partial charge in [-0.25, -0.2) is 0 Å². The molecule has 0 bridgehead atoms. The highest BCUT2D eigenvalue weighted by atomic mass is 35.5. The number of hydrogen-bond donors (Lipinski definition) is 1. The van der Waals surface area contributed by atoms with Crippen molar-refractivity contribution >= 4 is 11.6 Å². The van der Waals surface area contributed by atoms with Gasteiger partial charge < -0.3 is 19.5 Å². The van der Waals surface area contributed by atoms with Gasteiger partial charge in [-0.1, -0.05) is 24.3 Å². The lowest BCUT2D eigenvalue weighted by atomic mass is 10.2. The van der Waals surface area contributed by atoms with Crippen LogP contribution in [0.4, 0.5) is 0 Å². The maximum atomic E-state index is 6.07. The standard InChI is InChI=1S/C14H20ClNO3/c1-4-6-19-14-11(10-16-5-7-17-2)8-12(15)9-13(14)18-3/h4,8-9,16H,1,5-7,10H2,2-3H3. The van der Waals surface area contributed by atoms with Gasteiger partial charge in [-0.05, 0) is 6.07 Å². The molecule has 0 saturated carbocycles. The van der Waals surface area contributed by atoms with E-state index in [0.29, 0.717) is 36.3 Å². The normalized spacial score (nSPS) is 10.3. The molecule has 0 fully saturated rings. The predicted octanol–water partition coefficient (Wildman–Crippen LogP) is 2.65. The molecule has 0 aliphatic heterocycles. The summed E-state index contributed by atoms with van der Waals surface area (Å²) in [6, 6.07) is 3.60. The Bertz CT molecular complexity index is 410. The van der Waals surface area contributed by atoms with Crippen molar-refractivity contribution in [3.05, 3.63) is 35.4 Å². The average Bonchev–Trinajstić information content (AvgIpc) is 2.41. The Morgan fingerprint density at radius 1 is 1.37 bits per heavy atom. The zero-order chi connectivity index (χ0) is 14.1. The van der Waals surface area contributed by atoms with E-state index in [1.807, 2.05) is 6.07 Å². The first-order valence-corrected chi connectivity index (χ1v) is 6.40. The molecule has 1 N–H and O–H groups in total. The number of hydrogen-bond acceptors (Lipinski definition) is 4. The summed E-state index contributed by atoms with van der Waals surface area (Å²) in [5, 5.41) is 3.87. The molecule has 0 aliphatic rings. The third kappa shape index (κ3) is 5.11. The molecule has 0 amide bonds. The van der Waals surface area contributed by atoms with Gasteiger partial charge in [-0.15, -0.1) is 0 Å². The molecule has 19 heavy (non-hydrogen) atoms. The Balaban J connectivity index is 2.84. The van der Waals surface area contributed by atoms with Crippen molar-refractivity contribution in [1.29, 1.82) is 0 Å². The highest BCUT2D eigenvalue weighted by Crippen LogP contribution is 2.34. The highest BCUT2D eigenvalue weighted by molar-refractivity contribution is 6.30. The van der Waals surface area contributed by atoms with E-state index in [0.717, 1.165) is 12.1 Å². The lowest BCUT2D eigenvalue weighted by molar-refractivity contribution is 0.199. The van der Waals surface area contributed by atoms with E-state index in [4.69, 9.17) is 25.8 Å². The first kappa shape index (κ1) is 15.8. The Labute approximate surface area is 119 Å². The van der Waals surface area contributed by atoms with Gasteiger partial charge >= 0.3 is 0 Å². The smallest absolute Gasteiger partial charge is 0.166 e. The van der Waals surface area contributed by atoms with Crippen LogP contribution in [-0.2, 0) is 11.3 Å². The van der Waals surface area contributed by atoms with Gasteiger partial charge in [0.15, 0.2) is 11.5 Å². The molecular weight excluding hydrogens is 266 g/mol. The second kappa shape index (κ2) is 8.80. The number of benzene rings is 1. The van der Waals surface area contributed by atoms with Crippen molar-refractivity contribution in [3.8, 4) is 11.5 Å². The average molecular weight is 286 g/mol. The first-order chi connectivity index (χ1) is 9.22. The fraction of sp³-hybridized carbons (Fsp3) is 0.429. The fourth-order valence-corrected chi connectivity index (χ4v) is 1.84. The third-order valence-electron chi connectivity index (χ3n) is 2.46. The van der Waals surface area contributed by atoms with Crippen LogP contribution in [0.3, 0.4) is 0 Å². The van der Waals surface area contributed by atoms with Crippen LogP contribution in [0.5, 0.6) is 11.5 Å². The number of halogens is 1. The second-order valence-corrected chi connectivity index (χ2v) is 4.30. The number of rotatable bonds is 9. The van der Waals surface area contributed by atoms with Gasteiger partial charge in [0.2, 0.25) is 0 Å². The molecule has 1 aromatic rings. The van der Waals surface area contributed by atoms with Crippen LogP contribution in [0, 0.1) is 0 Å². The zero-order valence-corrected chi connectivity index (χ0v) is 12.1. The number of ether oxygens (including phenoxy) is 3. The van der Waals surface area contributed by atoms with E-state index in [2.05, 4.69) is 11.9 Å². The summed E-state index contributed by atoms with van der Waals surface area (Å²) in [7, 11) is 3.26. The monoisotopic (exact) mass is 285 g/mol. The molecule has 0 heterocycles. The zero-order valence-electron chi connectivity index (χ0n) is 11.4. The Hall–Kier alpha value is -1.23. The van der Waals surface area contributed by atoms with Crippen molar-refractivity contribution in [2.75, 3.05) is 34.0 Å². The van der Waals surface area contributed by atoms with E-state index < -0.39 is 0 Å². The van der Waals surface area contributed by atoms with E-state index in [9.17, 15) is 0 Å². The van der Waals surface area contributed by atoms with Crippen LogP contribution < -0.4 is 14.8 Å². The molecule has 0 aromatic heterocycles. The van der Waals surface area contributed by atoms with Crippen molar-refractivity contribution in [1.82, 2.24) is 5.32 Å². The predicted molar refractivity (Wildman–Crippen MR) is 77.3 cm³/mol. The minimum atomic E-state index is 0.420. The highest BCUT2D eigenvalue weighted by Gasteiger charge is 2.12. The summed E-state index contributed by atoms with van der Waals surface area (Å²) in [6.07, 6.45) is 1.69. The topological polar surface area (TPSA) is 39.7 Å². The molecule has 5 heteroatoms. The lowest BCUT2D eigenvalue weighted by Gasteiger charge is -2.15. The van der Waals surface area contributed by atoms with E-state index in [1.54, 1.807) is 26.4 Å². The first-order valence-electron chi connectivity index (χ1n) is 6.02. The fourth-order valence-electron chi connectivity index (χ4n) is 1.61. The van der Waals surface area contributed by atoms with Gasteiger partial charge in [-0.2, -0.15) is 0 Å². The molecule has 0 unspecified atom stereocenters. The molecule has 1 rings (SSSR count). The van der Waals surface area contributed by atoms with Gasteiger partial charge in [0.1, 0.15) is 6.61 Å². The molecule has 106 valence electrons. The van der Waals surface area contributed by atoms with Crippen LogP contribution in [-0.4, -0.2) is 34.0 Å². The maximum Gasteiger partial charge on any atom is 0.166 e. The van der Waals surface area contributed by atoms with Gasteiger partial charge in [0.05, 0.1) is 13.7 Å². The van der Waals surface area contributed by atoms with Crippen molar-refractivity contribution in [2.45, 2.75) is 6.54 Å². The maximum absolute atomic E-state index is 6.07. The van der Waals surface area contributed by atoms with Crippen LogP contribution >= 0.6 is 11.6 Å². The Morgan fingerprint density at radius 2 is 2.16 bits per heavy atom. The third-order valence-corrected chi connectivity index (χ3v) is 2.68. The molecule has 0 atom stereocenters. The van der Waals surface area contributed by atoms with E-state index >= 15 is 0 Å². The minimum Gasteiger partial charge on any atom is -0.493 e. The largest absolute Gasteiger partial charge is 0.493 e. The Morgan fingerprint density at radius 3 is 2.79 bits per heavy atom. The van der Waals surface area contributed by atoms with E-state index in [-0.39, 0.29) is 0 Å². The summed E-state index contributed by atoms with van der Waals surface area (Å²) in [6.45, 7) is 6.10. The summed E-state index contributed by atoms with van der Waals surface area (Å²) in [5.41, 5.74) is 0.947. The van der Waals surface area contributed by atoms with Crippen molar-refractivity contribution in [2.24, 2.45) is 0 Å². The molecule has 0 radical (unpaired) electrons. The summed E-state index contributed by atoms with van der Waals surface area (Å²) >= 11 is 6.07. The molecule has 1 aromatic carbocycles. The number of nitrogens with one attached hydrogen (secondary N) is 1. The van der Waals surface area contributed by atoms with Gasteiger partial charge in [0.25, 0.3) is 0 Å². The van der Waals surface area contributed by atoms with Crippen LogP contribution in [0.25, 0.3) is 0 Å². The minimum absolute atomic E-state index is 0.420. The quantitative estimate of drug-likeness (QED) is 0.559. The molecule has 0 aliphatic carbocycles. The number of methoxy groups -OCH3 is 2.